The number of aromatic nitrogens is 3. The summed E-state index contributed by atoms with van der Waals surface area (Å²) in [7, 11) is 3.18. The molecule has 42 heavy (non-hydrogen) atoms. The SMILES string of the molecule is CCCCN(C(C)=O)c1ccc2c(c1)c(-c1ccc(OC)cc1OC)c(C(=O)OCC)n2Cc1ccc2nsnc2c1. The van der Waals surface area contributed by atoms with Gasteiger partial charge in [0.1, 0.15) is 28.2 Å². The van der Waals surface area contributed by atoms with E-state index >= 15 is 0 Å². The van der Waals surface area contributed by atoms with E-state index < -0.39 is 5.97 Å². The second-order valence-electron chi connectivity index (χ2n) is 9.91. The van der Waals surface area contributed by atoms with Gasteiger partial charge in [-0.3, -0.25) is 4.79 Å². The number of hydrogen-bond donors (Lipinski definition) is 0. The first-order valence-corrected chi connectivity index (χ1v) is 14.7. The van der Waals surface area contributed by atoms with Crippen LogP contribution in [0.2, 0.25) is 0 Å². The fourth-order valence-electron chi connectivity index (χ4n) is 5.26. The molecule has 0 spiro atoms. The van der Waals surface area contributed by atoms with E-state index in [9.17, 15) is 9.59 Å². The number of carbonyl (C=O) groups is 2. The number of unbranched alkanes of at least 4 members (excludes halogenated alkanes) is 1. The van der Waals surface area contributed by atoms with Gasteiger partial charge in [0.05, 0.1) is 32.6 Å². The number of benzene rings is 3. The van der Waals surface area contributed by atoms with Crippen LogP contribution in [-0.4, -0.2) is 52.6 Å². The monoisotopic (exact) mass is 586 g/mol. The lowest BCUT2D eigenvalue weighted by atomic mass is 9.99. The molecule has 10 heteroatoms. The Hall–Kier alpha value is -4.44. The molecule has 1 amide bonds. The molecule has 0 bridgehead atoms. The molecule has 0 fully saturated rings. The van der Waals surface area contributed by atoms with Crippen molar-refractivity contribution in [1.82, 2.24) is 13.3 Å². The van der Waals surface area contributed by atoms with Gasteiger partial charge in [-0.15, -0.1) is 0 Å². The Kier molecular flexibility index (Phi) is 8.72. The largest absolute Gasteiger partial charge is 0.497 e. The molecule has 0 atom stereocenters. The molecule has 0 N–H and O–H groups in total. The van der Waals surface area contributed by atoms with E-state index in [4.69, 9.17) is 14.2 Å². The van der Waals surface area contributed by atoms with Crippen LogP contribution in [0.4, 0.5) is 5.69 Å². The summed E-state index contributed by atoms with van der Waals surface area (Å²) in [6.07, 6.45) is 1.84. The van der Waals surface area contributed by atoms with Crippen LogP contribution in [0.5, 0.6) is 11.5 Å². The molecule has 218 valence electrons. The molecule has 0 aliphatic heterocycles. The molecule has 9 nitrogen and oxygen atoms in total. The Balaban J connectivity index is 1.81. The normalized spacial score (nSPS) is 11.2. The van der Waals surface area contributed by atoms with Crippen molar-refractivity contribution in [2.24, 2.45) is 0 Å². The Morgan fingerprint density at radius 2 is 1.76 bits per heavy atom. The number of amides is 1. The number of esters is 1. The topological polar surface area (TPSA) is 95.8 Å². The number of ether oxygens (including phenoxy) is 3. The molecule has 0 aliphatic carbocycles. The van der Waals surface area contributed by atoms with Crippen molar-refractivity contribution in [2.75, 3.05) is 32.3 Å². The van der Waals surface area contributed by atoms with Crippen molar-refractivity contribution in [3.63, 3.8) is 0 Å². The first kappa shape index (κ1) is 29.1. The molecule has 0 saturated carbocycles. The van der Waals surface area contributed by atoms with Crippen molar-refractivity contribution in [2.45, 2.75) is 40.2 Å². The average Bonchev–Trinajstić information content (AvgIpc) is 3.59. The van der Waals surface area contributed by atoms with Crippen LogP contribution in [0.3, 0.4) is 0 Å². The van der Waals surface area contributed by atoms with Crippen molar-refractivity contribution in [1.29, 1.82) is 0 Å². The molecule has 2 heterocycles. The summed E-state index contributed by atoms with van der Waals surface area (Å²) in [5.74, 6) is 0.689. The lowest BCUT2D eigenvalue weighted by Crippen LogP contribution is -2.29. The summed E-state index contributed by atoms with van der Waals surface area (Å²) in [5, 5.41) is 0.804. The summed E-state index contributed by atoms with van der Waals surface area (Å²) in [5.41, 5.74) is 5.96. The Labute approximate surface area is 248 Å². The molecule has 5 rings (SSSR count). The van der Waals surface area contributed by atoms with Crippen LogP contribution in [-0.2, 0) is 16.1 Å². The van der Waals surface area contributed by atoms with Gasteiger partial charge in [0, 0.05) is 53.8 Å². The molecule has 0 unspecified atom stereocenters. The van der Waals surface area contributed by atoms with Crippen molar-refractivity contribution in [3.05, 3.63) is 65.9 Å². The fourth-order valence-corrected chi connectivity index (χ4v) is 5.77. The van der Waals surface area contributed by atoms with Gasteiger partial charge in [0.15, 0.2) is 0 Å². The lowest BCUT2D eigenvalue weighted by Gasteiger charge is -2.21. The number of carbonyl (C=O) groups excluding carboxylic acids is 2. The zero-order valence-electron chi connectivity index (χ0n) is 24.5. The van der Waals surface area contributed by atoms with Crippen LogP contribution in [0.25, 0.3) is 33.1 Å². The maximum Gasteiger partial charge on any atom is 0.355 e. The van der Waals surface area contributed by atoms with E-state index in [0.29, 0.717) is 41.4 Å². The highest BCUT2D eigenvalue weighted by molar-refractivity contribution is 7.00. The quantitative estimate of drug-likeness (QED) is 0.159. The molecule has 0 radical (unpaired) electrons. The number of hydrogen-bond acceptors (Lipinski definition) is 8. The average molecular weight is 587 g/mol. The van der Waals surface area contributed by atoms with Gasteiger partial charge < -0.3 is 23.7 Å². The van der Waals surface area contributed by atoms with Gasteiger partial charge >= 0.3 is 5.97 Å². The smallest absolute Gasteiger partial charge is 0.355 e. The number of methoxy groups -OCH3 is 2. The molecule has 3 aromatic carbocycles. The summed E-state index contributed by atoms with van der Waals surface area (Å²) in [4.78, 5) is 28.3. The predicted octanol–water partition coefficient (Wildman–Crippen LogP) is 6.71. The van der Waals surface area contributed by atoms with Crippen molar-refractivity contribution in [3.8, 4) is 22.6 Å². The lowest BCUT2D eigenvalue weighted by molar-refractivity contribution is -0.116. The van der Waals surface area contributed by atoms with Crippen LogP contribution >= 0.6 is 11.7 Å². The van der Waals surface area contributed by atoms with Crippen LogP contribution in [0.1, 0.15) is 49.7 Å². The van der Waals surface area contributed by atoms with Crippen molar-refractivity contribution >= 4 is 51.2 Å². The zero-order chi connectivity index (χ0) is 29.8. The summed E-state index contributed by atoms with van der Waals surface area (Å²) >= 11 is 1.17. The molecular weight excluding hydrogens is 552 g/mol. The minimum Gasteiger partial charge on any atom is -0.497 e. The molecule has 2 aromatic heterocycles. The minimum atomic E-state index is -0.450. The second kappa shape index (κ2) is 12.6. The Bertz CT molecular complexity index is 1760. The summed E-state index contributed by atoms with van der Waals surface area (Å²) in [6.45, 7) is 6.68. The van der Waals surface area contributed by atoms with E-state index in [-0.39, 0.29) is 12.5 Å². The van der Waals surface area contributed by atoms with E-state index in [0.717, 1.165) is 46.0 Å². The summed E-state index contributed by atoms with van der Waals surface area (Å²) in [6, 6.07) is 17.3. The fraction of sp³-hybridized carbons (Fsp3) is 0.312. The Morgan fingerprint density at radius 1 is 0.952 bits per heavy atom. The van der Waals surface area contributed by atoms with Gasteiger partial charge in [0.25, 0.3) is 0 Å². The molecular formula is C32H34N4O5S. The third-order valence-electron chi connectivity index (χ3n) is 7.28. The number of fused-ring (bicyclic) bond motifs is 2. The maximum absolute atomic E-state index is 13.8. The molecule has 0 aliphatic rings. The predicted molar refractivity (Wildman–Crippen MR) is 166 cm³/mol. The molecule has 5 aromatic rings. The van der Waals surface area contributed by atoms with Gasteiger partial charge in [-0.25, -0.2) is 4.79 Å². The van der Waals surface area contributed by atoms with E-state index in [1.807, 2.05) is 53.1 Å². The third kappa shape index (κ3) is 5.54. The molecule has 0 saturated heterocycles. The minimum absolute atomic E-state index is 0.0402. The van der Waals surface area contributed by atoms with E-state index in [1.165, 1.54) is 11.7 Å². The van der Waals surface area contributed by atoms with Gasteiger partial charge in [0.2, 0.25) is 5.91 Å². The van der Waals surface area contributed by atoms with Gasteiger partial charge in [-0.1, -0.05) is 19.4 Å². The third-order valence-corrected chi connectivity index (χ3v) is 7.84. The van der Waals surface area contributed by atoms with Crippen LogP contribution in [0, 0.1) is 0 Å². The van der Waals surface area contributed by atoms with E-state index in [2.05, 4.69) is 15.7 Å². The maximum atomic E-state index is 13.8. The number of anilines is 1. The standard InChI is InChI=1S/C32H34N4O5S/c1-6-8-15-35(20(3)37)22-10-14-28-25(17-22)30(24-12-11-23(39-4)18-29(24)40-5)31(32(38)41-7-2)36(28)19-21-9-13-26-27(16-21)34-42-33-26/h9-14,16-18H,6-8,15,19H2,1-5H3. The zero-order valence-corrected chi connectivity index (χ0v) is 25.3. The van der Waals surface area contributed by atoms with Gasteiger partial charge in [-0.2, -0.15) is 8.75 Å². The van der Waals surface area contributed by atoms with Gasteiger partial charge in [-0.05, 0) is 61.4 Å². The number of rotatable bonds is 11. The highest BCUT2D eigenvalue weighted by atomic mass is 32.1. The summed E-state index contributed by atoms with van der Waals surface area (Å²) < 4.78 is 27.6. The second-order valence-corrected chi connectivity index (χ2v) is 10.4. The van der Waals surface area contributed by atoms with Crippen LogP contribution in [0.15, 0.2) is 54.6 Å². The first-order chi connectivity index (χ1) is 20.4. The highest BCUT2D eigenvalue weighted by Gasteiger charge is 2.28. The number of nitrogens with zero attached hydrogens (tertiary/aromatic N) is 4. The van der Waals surface area contributed by atoms with Crippen molar-refractivity contribution < 1.29 is 23.8 Å². The van der Waals surface area contributed by atoms with Crippen LogP contribution < -0.4 is 14.4 Å². The first-order valence-electron chi connectivity index (χ1n) is 13.9. The highest BCUT2D eigenvalue weighted by Crippen LogP contribution is 2.43. The Morgan fingerprint density at radius 3 is 2.48 bits per heavy atom. The van der Waals surface area contributed by atoms with E-state index in [1.54, 1.807) is 39.0 Å².